The average molecular weight is 327 g/mol. The molecule has 2 aliphatic heterocycles. The van der Waals surface area contributed by atoms with Gasteiger partial charge in [-0.1, -0.05) is 0 Å². The fraction of sp³-hybridized carbons (Fsp3) is 0.471. The summed E-state index contributed by atoms with van der Waals surface area (Å²) in [7, 11) is 3.72. The van der Waals surface area contributed by atoms with Crippen molar-refractivity contribution in [3.63, 3.8) is 0 Å². The van der Waals surface area contributed by atoms with E-state index in [9.17, 15) is 9.59 Å². The van der Waals surface area contributed by atoms with E-state index in [1.54, 1.807) is 10.9 Å². The van der Waals surface area contributed by atoms with Crippen molar-refractivity contribution in [2.24, 2.45) is 19.5 Å². The predicted molar refractivity (Wildman–Crippen MR) is 88.5 cm³/mol. The van der Waals surface area contributed by atoms with Gasteiger partial charge in [-0.15, -0.1) is 0 Å². The molecule has 2 amide bonds. The monoisotopic (exact) mass is 327 g/mol. The maximum atomic E-state index is 12.7. The molecule has 7 nitrogen and oxygen atoms in total. The first kappa shape index (κ1) is 15.0. The normalized spacial score (nSPS) is 23.7. The Morgan fingerprint density at radius 3 is 2.79 bits per heavy atom. The third-order valence-corrected chi connectivity index (χ3v) is 5.21. The van der Waals surface area contributed by atoms with Crippen LogP contribution in [0.15, 0.2) is 30.7 Å². The molecule has 126 valence electrons. The average Bonchev–Trinajstić information content (AvgIpc) is 3.29. The summed E-state index contributed by atoms with van der Waals surface area (Å²) in [5.74, 6) is 0.169. The molecule has 2 aromatic heterocycles. The molecule has 0 saturated carbocycles. The summed E-state index contributed by atoms with van der Waals surface area (Å²) in [6.45, 7) is 2.01. The van der Waals surface area contributed by atoms with E-state index in [2.05, 4.69) is 5.10 Å². The van der Waals surface area contributed by atoms with Crippen LogP contribution in [0.5, 0.6) is 0 Å². The minimum atomic E-state index is -0.131. The molecule has 0 aromatic carbocycles. The Morgan fingerprint density at radius 2 is 2.12 bits per heavy atom. The first-order valence-electron chi connectivity index (χ1n) is 8.17. The highest BCUT2D eigenvalue weighted by molar-refractivity contribution is 5.97. The number of aryl methyl sites for hydroxylation is 2. The summed E-state index contributed by atoms with van der Waals surface area (Å²) in [6.07, 6.45) is 6.82. The van der Waals surface area contributed by atoms with E-state index >= 15 is 0 Å². The Hall–Kier alpha value is -2.57. The van der Waals surface area contributed by atoms with E-state index in [1.807, 2.05) is 53.0 Å². The smallest absolute Gasteiger partial charge is 0.270 e. The number of hydrogen-bond donors (Lipinski definition) is 0. The lowest BCUT2D eigenvalue weighted by Crippen LogP contribution is -2.34. The van der Waals surface area contributed by atoms with E-state index in [0.29, 0.717) is 31.7 Å². The van der Waals surface area contributed by atoms with Crippen LogP contribution in [0.3, 0.4) is 0 Å². The lowest BCUT2D eigenvalue weighted by Gasteiger charge is -2.23. The van der Waals surface area contributed by atoms with Gasteiger partial charge in [0, 0.05) is 58.0 Å². The zero-order valence-electron chi connectivity index (χ0n) is 14.0. The minimum Gasteiger partial charge on any atom is -0.347 e. The van der Waals surface area contributed by atoms with Gasteiger partial charge in [-0.2, -0.15) is 5.10 Å². The van der Waals surface area contributed by atoms with Crippen molar-refractivity contribution in [2.75, 3.05) is 24.5 Å². The standard InChI is InChI=1S/C17H21N5O2/c1-19-6-3-4-14(19)16(24)21-7-5-17(11-21)8-15(23)22(12-17)13-9-18-20(2)10-13/h3-4,6,9-10H,5,7-8,11-12H2,1-2H3/t17-/m0/s1. The van der Waals surface area contributed by atoms with Crippen molar-refractivity contribution in [1.82, 2.24) is 19.2 Å². The van der Waals surface area contributed by atoms with Gasteiger partial charge in [0.2, 0.25) is 5.91 Å². The quantitative estimate of drug-likeness (QED) is 0.827. The Balaban J connectivity index is 1.51. The van der Waals surface area contributed by atoms with Crippen molar-refractivity contribution >= 4 is 17.5 Å². The van der Waals surface area contributed by atoms with Crippen molar-refractivity contribution in [2.45, 2.75) is 12.8 Å². The highest BCUT2D eigenvalue weighted by Crippen LogP contribution is 2.42. The maximum absolute atomic E-state index is 12.7. The summed E-state index contributed by atoms with van der Waals surface area (Å²) in [4.78, 5) is 28.9. The molecule has 4 rings (SSSR count). The summed E-state index contributed by atoms with van der Waals surface area (Å²) >= 11 is 0. The van der Waals surface area contributed by atoms with Crippen LogP contribution >= 0.6 is 0 Å². The molecule has 2 aliphatic rings. The molecule has 0 N–H and O–H groups in total. The zero-order valence-corrected chi connectivity index (χ0v) is 14.0. The van der Waals surface area contributed by atoms with Crippen LogP contribution in [0.4, 0.5) is 5.69 Å². The number of hydrogen-bond acceptors (Lipinski definition) is 3. The van der Waals surface area contributed by atoms with E-state index in [0.717, 1.165) is 12.1 Å². The molecular weight excluding hydrogens is 306 g/mol. The van der Waals surface area contributed by atoms with Gasteiger partial charge in [-0.05, 0) is 18.6 Å². The molecule has 24 heavy (non-hydrogen) atoms. The van der Waals surface area contributed by atoms with Crippen LogP contribution in [0.1, 0.15) is 23.3 Å². The van der Waals surface area contributed by atoms with Crippen LogP contribution in [-0.4, -0.2) is 50.7 Å². The minimum absolute atomic E-state index is 0.0478. The first-order valence-corrected chi connectivity index (χ1v) is 8.17. The summed E-state index contributed by atoms with van der Waals surface area (Å²) in [5, 5.41) is 4.15. The number of anilines is 1. The van der Waals surface area contributed by atoms with Crippen molar-refractivity contribution in [3.05, 3.63) is 36.4 Å². The molecule has 4 heterocycles. The molecule has 2 saturated heterocycles. The third-order valence-electron chi connectivity index (χ3n) is 5.21. The molecule has 1 spiro atoms. The van der Waals surface area contributed by atoms with Gasteiger partial charge in [0.1, 0.15) is 5.69 Å². The number of nitrogens with zero attached hydrogens (tertiary/aromatic N) is 5. The number of likely N-dealkylation sites (tertiary alicyclic amines) is 1. The lowest BCUT2D eigenvalue weighted by atomic mass is 9.86. The molecule has 1 atom stereocenters. The molecule has 0 radical (unpaired) electrons. The van der Waals surface area contributed by atoms with Gasteiger partial charge < -0.3 is 14.4 Å². The third kappa shape index (κ3) is 2.31. The number of amides is 2. The Bertz CT molecular complexity index is 808. The van der Waals surface area contributed by atoms with Gasteiger partial charge in [-0.3, -0.25) is 14.3 Å². The second-order valence-electron chi connectivity index (χ2n) is 7.01. The van der Waals surface area contributed by atoms with Gasteiger partial charge >= 0.3 is 0 Å². The molecule has 2 aromatic rings. The second kappa shape index (κ2) is 5.22. The van der Waals surface area contributed by atoms with Crippen LogP contribution in [0.25, 0.3) is 0 Å². The molecule has 2 fully saturated rings. The Morgan fingerprint density at radius 1 is 1.29 bits per heavy atom. The molecule has 7 heteroatoms. The largest absolute Gasteiger partial charge is 0.347 e. The number of carbonyl (C=O) groups excluding carboxylic acids is 2. The summed E-state index contributed by atoms with van der Waals surface area (Å²) < 4.78 is 3.54. The first-order chi connectivity index (χ1) is 11.5. The van der Waals surface area contributed by atoms with Crippen LogP contribution in [0.2, 0.25) is 0 Å². The second-order valence-corrected chi connectivity index (χ2v) is 7.01. The summed E-state index contributed by atoms with van der Waals surface area (Å²) in [5.41, 5.74) is 1.40. The summed E-state index contributed by atoms with van der Waals surface area (Å²) in [6, 6.07) is 3.72. The topological polar surface area (TPSA) is 63.4 Å². The highest BCUT2D eigenvalue weighted by atomic mass is 16.2. The van der Waals surface area contributed by atoms with Gasteiger partial charge in [0.25, 0.3) is 5.91 Å². The van der Waals surface area contributed by atoms with Crippen molar-refractivity contribution < 1.29 is 9.59 Å². The van der Waals surface area contributed by atoms with Crippen molar-refractivity contribution in [3.8, 4) is 0 Å². The Labute approximate surface area is 140 Å². The van der Waals surface area contributed by atoms with E-state index in [1.165, 1.54) is 0 Å². The zero-order chi connectivity index (χ0) is 16.9. The number of rotatable bonds is 2. The van der Waals surface area contributed by atoms with Gasteiger partial charge in [0.05, 0.1) is 11.9 Å². The highest BCUT2D eigenvalue weighted by Gasteiger charge is 2.49. The predicted octanol–water partition coefficient (Wildman–Crippen LogP) is 1.03. The van der Waals surface area contributed by atoms with E-state index in [-0.39, 0.29) is 17.2 Å². The van der Waals surface area contributed by atoms with E-state index < -0.39 is 0 Å². The van der Waals surface area contributed by atoms with Gasteiger partial charge in [-0.25, -0.2) is 0 Å². The Kier molecular flexibility index (Phi) is 3.26. The fourth-order valence-corrected chi connectivity index (χ4v) is 3.91. The molecule has 0 bridgehead atoms. The van der Waals surface area contributed by atoms with Crippen molar-refractivity contribution in [1.29, 1.82) is 0 Å². The molecule has 0 aliphatic carbocycles. The fourth-order valence-electron chi connectivity index (χ4n) is 3.91. The van der Waals surface area contributed by atoms with Gasteiger partial charge in [0.15, 0.2) is 0 Å². The number of carbonyl (C=O) groups is 2. The maximum Gasteiger partial charge on any atom is 0.270 e. The van der Waals surface area contributed by atoms with Crippen LogP contribution < -0.4 is 4.90 Å². The van der Waals surface area contributed by atoms with E-state index in [4.69, 9.17) is 0 Å². The number of aromatic nitrogens is 3. The molecule has 0 unspecified atom stereocenters. The van der Waals surface area contributed by atoms with Crippen LogP contribution in [-0.2, 0) is 18.9 Å². The lowest BCUT2D eigenvalue weighted by molar-refractivity contribution is -0.117. The molecular formula is C17H21N5O2. The SMILES string of the molecule is Cn1cc(N2C[C@@]3(CCN(C(=O)c4cccn4C)C3)CC2=O)cn1. The van der Waals surface area contributed by atoms with Crippen LogP contribution in [0, 0.1) is 5.41 Å².